The summed E-state index contributed by atoms with van der Waals surface area (Å²) in [7, 11) is 3.41. The Kier molecular flexibility index (Phi) is 9.22. The van der Waals surface area contributed by atoms with E-state index in [2.05, 4.69) is 24.5 Å². The molecule has 1 aliphatic carbocycles. The highest BCUT2D eigenvalue weighted by Crippen LogP contribution is 2.55. The molecule has 1 saturated carbocycles. The van der Waals surface area contributed by atoms with Crippen molar-refractivity contribution in [2.75, 3.05) is 33.7 Å². The molecule has 3 fully saturated rings. The van der Waals surface area contributed by atoms with Crippen LogP contribution in [0.5, 0.6) is 0 Å². The van der Waals surface area contributed by atoms with E-state index in [1.807, 2.05) is 53.5 Å². The van der Waals surface area contributed by atoms with E-state index in [0.29, 0.717) is 31.6 Å². The minimum Gasteiger partial charge on any atom is -0.354 e. The maximum atomic E-state index is 15.4. The Morgan fingerprint density at radius 3 is 2.16 bits per heavy atom. The molecule has 2 saturated heterocycles. The molecular formula is C35H55F2N4O3+. The fraction of sp³-hybridized carbons (Fsp3) is 0.743. The lowest BCUT2D eigenvalue weighted by molar-refractivity contribution is -0.842. The lowest BCUT2D eigenvalue weighted by Crippen LogP contribution is -2.67. The van der Waals surface area contributed by atoms with E-state index in [-0.39, 0.29) is 39.7 Å². The lowest BCUT2D eigenvalue weighted by Gasteiger charge is -2.48. The third-order valence-electron chi connectivity index (χ3n) is 11.2. The summed E-state index contributed by atoms with van der Waals surface area (Å²) in [4.78, 5) is 45.2. The quantitative estimate of drug-likeness (QED) is 0.435. The van der Waals surface area contributed by atoms with Gasteiger partial charge in [0.15, 0.2) is 6.04 Å². The van der Waals surface area contributed by atoms with Gasteiger partial charge in [-0.15, -0.1) is 0 Å². The Balaban J connectivity index is 1.82. The Morgan fingerprint density at radius 2 is 1.64 bits per heavy atom. The van der Waals surface area contributed by atoms with Crippen molar-refractivity contribution in [2.45, 2.75) is 112 Å². The maximum absolute atomic E-state index is 15.4. The third kappa shape index (κ3) is 5.95. The number of nitrogens with one attached hydrogen (secondary N) is 2. The number of likely N-dealkylation sites (N-methyl/N-ethyl adjacent to an activating group) is 2. The lowest BCUT2D eigenvalue weighted by atomic mass is 9.58. The van der Waals surface area contributed by atoms with E-state index in [4.69, 9.17) is 0 Å². The van der Waals surface area contributed by atoms with Crippen molar-refractivity contribution in [3.05, 3.63) is 35.4 Å². The zero-order valence-electron chi connectivity index (χ0n) is 28.6. The molecule has 1 aromatic rings. The standard InChI is InChI=1S/C35H54F2N4O3/c1-32(2,3)30(43)40(23-13-15-34(7,8)16-14-23)24-18-28(29(42)38-9)41(10,20-24)31(44)35(33(4,5)6)21-39-19-26(35)25-12-11-22(36)17-27(25)37/h11-12,17,23-24,26,28,39H,13-16,18-21H2,1-10H3/p+1/t24-,26-,28-,35+,41?/m0/s1. The van der Waals surface area contributed by atoms with Crippen molar-refractivity contribution < 1.29 is 27.6 Å². The van der Waals surface area contributed by atoms with Crippen LogP contribution in [0.15, 0.2) is 18.2 Å². The highest BCUT2D eigenvalue weighted by Gasteiger charge is 2.67. The van der Waals surface area contributed by atoms with Crippen LogP contribution in [-0.4, -0.2) is 79.0 Å². The number of quaternary nitrogens is 1. The van der Waals surface area contributed by atoms with Gasteiger partial charge in [0.2, 0.25) is 5.91 Å². The first-order valence-corrected chi connectivity index (χ1v) is 16.3. The molecule has 0 bridgehead atoms. The molecule has 0 spiro atoms. The molecule has 0 aromatic heterocycles. The normalized spacial score (nSPS) is 31.1. The molecule has 9 heteroatoms. The molecule has 4 rings (SSSR count). The average molecular weight is 618 g/mol. The number of carbonyl (C=O) groups is 3. The largest absolute Gasteiger partial charge is 0.354 e. The molecule has 7 nitrogen and oxygen atoms in total. The molecule has 3 amide bonds. The van der Waals surface area contributed by atoms with Gasteiger partial charge in [-0.1, -0.05) is 61.5 Å². The fourth-order valence-corrected chi connectivity index (χ4v) is 8.43. The van der Waals surface area contributed by atoms with Crippen LogP contribution in [0.4, 0.5) is 8.78 Å². The predicted octanol–water partition coefficient (Wildman–Crippen LogP) is 5.39. The number of carbonyl (C=O) groups excluding carboxylic acids is 3. The number of likely N-dealkylation sites (tertiary alicyclic amines) is 1. The van der Waals surface area contributed by atoms with E-state index in [9.17, 15) is 14.0 Å². The Morgan fingerprint density at radius 1 is 1.02 bits per heavy atom. The molecule has 5 atom stereocenters. The Hall–Kier alpha value is -2.39. The van der Waals surface area contributed by atoms with Gasteiger partial charge in [-0.05, 0) is 48.1 Å². The second-order valence-corrected chi connectivity index (χ2v) is 16.7. The van der Waals surface area contributed by atoms with E-state index in [1.165, 1.54) is 12.1 Å². The first-order chi connectivity index (χ1) is 20.2. The van der Waals surface area contributed by atoms with Crippen LogP contribution in [0.2, 0.25) is 0 Å². The van der Waals surface area contributed by atoms with E-state index in [1.54, 1.807) is 7.05 Å². The van der Waals surface area contributed by atoms with Gasteiger partial charge in [-0.3, -0.25) is 14.1 Å². The molecule has 1 aromatic carbocycles. The van der Waals surface area contributed by atoms with Crippen molar-refractivity contribution >= 4 is 17.7 Å². The summed E-state index contributed by atoms with van der Waals surface area (Å²) in [6.07, 6.45) is 4.15. The Bertz CT molecular complexity index is 1280. The van der Waals surface area contributed by atoms with Crippen molar-refractivity contribution in [1.82, 2.24) is 15.5 Å². The van der Waals surface area contributed by atoms with E-state index < -0.39 is 39.8 Å². The van der Waals surface area contributed by atoms with Gasteiger partial charge in [0.25, 0.3) is 5.91 Å². The molecule has 3 aliphatic rings. The third-order valence-corrected chi connectivity index (χ3v) is 11.2. The topological polar surface area (TPSA) is 78.5 Å². The van der Waals surface area contributed by atoms with Crippen molar-refractivity contribution in [2.24, 2.45) is 21.7 Å². The van der Waals surface area contributed by atoms with Crippen LogP contribution in [0, 0.1) is 33.3 Å². The maximum Gasteiger partial charge on any atom is 0.322 e. The molecule has 2 aliphatic heterocycles. The second-order valence-electron chi connectivity index (χ2n) is 16.7. The van der Waals surface area contributed by atoms with Gasteiger partial charge in [0.05, 0.1) is 13.1 Å². The number of rotatable bonds is 5. The van der Waals surface area contributed by atoms with Gasteiger partial charge in [-0.25, -0.2) is 13.6 Å². The van der Waals surface area contributed by atoms with Gasteiger partial charge >= 0.3 is 5.91 Å². The molecular weight excluding hydrogens is 562 g/mol. The first-order valence-electron chi connectivity index (χ1n) is 16.3. The molecule has 2 heterocycles. The van der Waals surface area contributed by atoms with Crippen molar-refractivity contribution in [1.29, 1.82) is 0 Å². The van der Waals surface area contributed by atoms with Gasteiger partial charge < -0.3 is 15.5 Å². The van der Waals surface area contributed by atoms with Crippen LogP contribution < -0.4 is 10.6 Å². The molecule has 0 radical (unpaired) electrons. The predicted molar refractivity (Wildman–Crippen MR) is 169 cm³/mol. The monoisotopic (exact) mass is 617 g/mol. The van der Waals surface area contributed by atoms with Crippen LogP contribution in [-0.2, 0) is 14.4 Å². The SMILES string of the molecule is CNC(=O)[C@@H]1C[C@H](N(C(=O)C(C)(C)C)C2CCC(C)(C)CC2)C[N+]1(C)C(=O)[C@@]1(C(C)(C)C)CNC[C@H]1c1ccc(F)cc1F. The van der Waals surface area contributed by atoms with Gasteiger partial charge in [0.1, 0.15) is 23.6 Å². The zero-order chi connectivity index (χ0) is 33.0. The number of benzene rings is 1. The molecule has 2 N–H and O–H groups in total. The average Bonchev–Trinajstić information content (AvgIpc) is 3.51. The van der Waals surface area contributed by atoms with Crippen molar-refractivity contribution in [3.63, 3.8) is 0 Å². The van der Waals surface area contributed by atoms with Crippen LogP contribution in [0.3, 0.4) is 0 Å². The van der Waals surface area contributed by atoms with Gasteiger partial charge in [0, 0.05) is 50.0 Å². The van der Waals surface area contributed by atoms with E-state index in [0.717, 1.165) is 31.7 Å². The number of nitrogens with zero attached hydrogens (tertiary/aromatic N) is 2. The number of hydrogen-bond acceptors (Lipinski definition) is 4. The summed E-state index contributed by atoms with van der Waals surface area (Å²) in [6.45, 7) is 17.2. The van der Waals surface area contributed by atoms with Crippen LogP contribution in [0.1, 0.15) is 99.0 Å². The van der Waals surface area contributed by atoms with Crippen molar-refractivity contribution in [3.8, 4) is 0 Å². The summed E-state index contributed by atoms with van der Waals surface area (Å²) in [6, 6.07) is 2.59. The fourth-order valence-electron chi connectivity index (χ4n) is 8.43. The number of hydrogen-bond donors (Lipinski definition) is 2. The molecule has 1 unspecified atom stereocenters. The number of amides is 3. The summed E-state index contributed by atoms with van der Waals surface area (Å²) >= 11 is 0. The first kappa shape index (κ1) is 34.5. The smallest absolute Gasteiger partial charge is 0.322 e. The van der Waals surface area contributed by atoms with E-state index >= 15 is 9.18 Å². The summed E-state index contributed by atoms with van der Waals surface area (Å²) in [5.41, 5.74) is -1.85. The Labute approximate surface area is 263 Å². The minimum atomic E-state index is -1.10. The number of halogens is 2. The van der Waals surface area contributed by atoms with Crippen LogP contribution >= 0.6 is 0 Å². The van der Waals surface area contributed by atoms with Crippen LogP contribution in [0.25, 0.3) is 0 Å². The highest BCUT2D eigenvalue weighted by molar-refractivity contribution is 5.87. The highest BCUT2D eigenvalue weighted by atomic mass is 19.1. The minimum absolute atomic E-state index is 0.0394. The summed E-state index contributed by atoms with van der Waals surface area (Å²) in [5, 5.41) is 6.16. The summed E-state index contributed by atoms with van der Waals surface area (Å²) < 4.78 is 29.1. The molecule has 44 heavy (non-hydrogen) atoms. The van der Waals surface area contributed by atoms with Gasteiger partial charge in [-0.2, -0.15) is 0 Å². The summed E-state index contributed by atoms with van der Waals surface area (Å²) in [5.74, 6) is -2.25. The second kappa shape index (κ2) is 11.8. The zero-order valence-corrected chi connectivity index (χ0v) is 28.6. The molecule has 246 valence electrons.